The minimum atomic E-state index is -0.891. The van der Waals surface area contributed by atoms with E-state index >= 15 is 0 Å². The van der Waals surface area contributed by atoms with Gasteiger partial charge in [0.05, 0.1) is 12.0 Å². The van der Waals surface area contributed by atoms with Gasteiger partial charge in [-0.15, -0.1) is 0 Å². The van der Waals surface area contributed by atoms with Crippen molar-refractivity contribution >= 4 is 27.9 Å². The van der Waals surface area contributed by atoms with Gasteiger partial charge in [-0.1, -0.05) is 22.0 Å². The van der Waals surface area contributed by atoms with Crippen molar-refractivity contribution in [2.24, 2.45) is 5.92 Å². The third kappa shape index (κ3) is 3.72. The van der Waals surface area contributed by atoms with Crippen LogP contribution in [0.4, 0.5) is 9.18 Å². The molecule has 1 fully saturated rings. The monoisotopic (exact) mass is 358 g/mol. The summed E-state index contributed by atoms with van der Waals surface area (Å²) in [5.74, 6) is -1.81. The second-order valence-corrected chi connectivity index (χ2v) is 6.02. The number of hydrogen-bond acceptors (Lipinski definition) is 2. The molecular formula is C14H16BrFN2O3. The number of hydrogen-bond donors (Lipinski definition) is 2. The van der Waals surface area contributed by atoms with Crippen LogP contribution < -0.4 is 5.32 Å². The Balaban J connectivity index is 1.98. The highest BCUT2D eigenvalue weighted by molar-refractivity contribution is 9.10. The van der Waals surface area contributed by atoms with E-state index in [0.29, 0.717) is 23.0 Å². The van der Waals surface area contributed by atoms with Gasteiger partial charge in [-0.3, -0.25) is 4.79 Å². The molecule has 1 unspecified atom stereocenters. The maximum absolute atomic E-state index is 13.8. The molecule has 1 aromatic rings. The second-order valence-electron chi connectivity index (χ2n) is 5.11. The molecule has 0 radical (unpaired) electrons. The van der Waals surface area contributed by atoms with Gasteiger partial charge in [-0.25, -0.2) is 9.18 Å². The fraction of sp³-hybridized carbons (Fsp3) is 0.429. The summed E-state index contributed by atoms with van der Waals surface area (Å²) in [6, 6.07) is 3.79. The number of urea groups is 1. The zero-order valence-electron chi connectivity index (χ0n) is 11.5. The number of carboxylic acid groups (broad SMARTS) is 1. The van der Waals surface area contributed by atoms with Crippen LogP contribution in [0.25, 0.3) is 0 Å². The fourth-order valence-corrected chi connectivity index (χ4v) is 2.69. The van der Waals surface area contributed by atoms with Crippen LogP contribution in [0.2, 0.25) is 0 Å². The number of benzene rings is 1. The van der Waals surface area contributed by atoms with Gasteiger partial charge in [0.1, 0.15) is 5.82 Å². The zero-order valence-corrected chi connectivity index (χ0v) is 13.1. The molecule has 21 heavy (non-hydrogen) atoms. The van der Waals surface area contributed by atoms with E-state index in [9.17, 15) is 14.0 Å². The van der Waals surface area contributed by atoms with Gasteiger partial charge in [0.15, 0.2) is 0 Å². The third-order valence-electron chi connectivity index (χ3n) is 3.59. The van der Waals surface area contributed by atoms with E-state index in [4.69, 9.17) is 5.11 Å². The van der Waals surface area contributed by atoms with Crippen LogP contribution in [-0.4, -0.2) is 35.1 Å². The number of rotatable bonds is 3. The van der Waals surface area contributed by atoms with Gasteiger partial charge >= 0.3 is 12.0 Å². The molecule has 0 aliphatic carbocycles. The number of carbonyl (C=O) groups is 2. The lowest BCUT2D eigenvalue weighted by atomic mass is 10.1. The summed E-state index contributed by atoms with van der Waals surface area (Å²) in [6.07, 6.45) is 0.448. The lowest BCUT2D eigenvalue weighted by Gasteiger charge is -2.21. The maximum atomic E-state index is 13.8. The predicted octanol–water partition coefficient (Wildman–Crippen LogP) is 2.77. The molecule has 2 amide bonds. The third-order valence-corrected chi connectivity index (χ3v) is 4.09. The molecule has 1 aliphatic heterocycles. The van der Waals surface area contributed by atoms with Crippen LogP contribution in [-0.2, 0) is 4.79 Å². The molecule has 114 valence electrons. The molecule has 0 spiro atoms. The van der Waals surface area contributed by atoms with Crippen LogP contribution >= 0.6 is 15.9 Å². The van der Waals surface area contributed by atoms with Crippen molar-refractivity contribution in [3.8, 4) is 0 Å². The Morgan fingerprint density at radius 1 is 1.52 bits per heavy atom. The molecule has 2 atom stereocenters. The molecule has 0 bridgehead atoms. The number of nitrogens with one attached hydrogen (secondary N) is 1. The van der Waals surface area contributed by atoms with Crippen molar-refractivity contribution in [1.82, 2.24) is 10.2 Å². The Labute approximate surface area is 130 Å². The molecule has 1 aromatic carbocycles. The summed E-state index contributed by atoms with van der Waals surface area (Å²) in [6.45, 7) is 2.28. The molecule has 5 nitrogen and oxygen atoms in total. The van der Waals surface area contributed by atoms with Crippen molar-refractivity contribution in [1.29, 1.82) is 0 Å². The van der Waals surface area contributed by atoms with Crippen LogP contribution in [0.5, 0.6) is 0 Å². The molecule has 0 saturated carbocycles. The first-order valence-corrected chi connectivity index (χ1v) is 7.41. The fourth-order valence-electron chi connectivity index (χ4n) is 2.35. The molecule has 1 saturated heterocycles. The highest BCUT2D eigenvalue weighted by atomic mass is 79.9. The predicted molar refractivity (Wildman–Crippen MR) is 78.4 cm³/mol. The van der Waals surface area contributed by atoms with Gasteiger partial charge < -0.3 is 15.3 Å². The van der Waals surface area contributed by atoms with Gasteiger partial charge in [-0.2, -0.15) is 0 Å². The first kappa shape index (κ1) is 15.8. The average molecular weight is 359 g/mol. The van der Waals surface area contributed by atoms with Crippen LogP contribution in [0.15, 0.2) is 22.7 Å². The molecule has 1 aliphatic rings. The standard InChI is InChI=1S/C14H16BrFN2O3/c1-8(11-3-2-10(15)6-12(11)16)17-14(21)18-5-4-9(7-18)13(19)20/h2-3,6,8-9H,4-5,7H2,1H3,(H,17,21)(H,19,20)/t8-,9?/m1/s1. The molecule has 2 rings (SSSR count). The van der Waals surface area contributed by atoms with Gasteiger partial charge in [0.25, 0.3) is 0 Å². The summed E-state index contributed by atoms with van der Waals surface area (Å²) in [5.41, 5.74) is 0.389. The number of nitrogens with zero attached hydrogens (tertiary/aromatic N) is 1. The summed E-state index contributed by atoms with van der Waals surface area (Å²) in [7, 11) is 0. The number of halogens is 2. The second kappa shape index (κ2) is 6.43. The molecule has 1 heterocycles. The number of aliphatic carboxylic acids is 1. The summed E-state index contributed by atoms with van der Waals surface area (Å²) < 4.78 is 14.5. The minimum absolute atomic E-state index is 0.191. The minimum Gasteiger partial charge on any atom is -0.481 e. The largest absolute Gasteiger partial charge is 0.481 e. The number of carboxylic acids is 1. The Morgan fingerprint density at radius 3 is 2.81 bits per heavy atom. The average Bonchev–Trinajstić information content (AvgIpc) is 2.88. The van der Waals surface area contributed by atoms with Gasteiger partial charge in [0.2, 0.25) is 0 Å². The van der Waals surface area contributed by atoms with E-state index in [1.807, 2.05) is 0 Å². The highest BCUT2D eigenvalue weighted by Crippen LogP contribution is 2.22. The molecule has 0 aromatic heterocycles. The first-order valence-electron chi connectivity index (χ1n) is 6.61. The Morgan fingerprint density at radius 2 is 2.24 bits per heavy atom. The quantitative estimate of drug-likeness (QED) is 0.872. The van der Waals surface area contributed by atoms with Gasteiger partial charge in [-0.05, 0) is 25.5 Å². The van der Waals surface area contributed by atoms with Crippen molar-refractivity contribution in [3.05, 3.63) is 34.1 Å². The Kier molecular flexibility index (Phi) is 4.82. The number of likely N-dealkylation sites (tertiary alicyclic amines) is 1. The van der Waals surface area contributed by atoms with Crippen molar-refractivity contribution in [3.63, 3.8) is 0 Å². The normalized spacial score (nSPS) is 19.4. The summed E-state index contributed by atoms with van der Waals surface area (Å²) in [4.78, 5) is 24.4. The zero-order chi connectivity index (χ0) is 15.6. The van der Waals surface area contributed by atoms with Crippen LogP contribution in [0.1, 0.15) is 24.9 Å². The number of amides is 2. The smallest absolute Gasteiger partial charge is 0.317 e. The number of carbonyl (C=O) groups excluding carboxylic acids is 1. The lowest BCUT2D eigenvalue weighted by molar-refractivity contribution is -0.141. The van der Waals surface area contributed by atoms with E-state index < -0.39 is 23.7 Å². The molecular weight excluding hydrogens is 343 g/mol. The summed E-state index contributed by atoms with van der Waals surface area (Å²) in [5, 5.41) is 11.6. The Bertz CT molecular complexity index is 567. The van der Waals surface area contributed by atoms with E-state index in [-0.39, 0.29) is 12.6 Å². The Hall–Kier alpha value is -1.63. The molecule has 2 N–H and O–H groups in total. The SMILES string of the molecule is C[C@@H](NC(=O)N1CCC(C(=O)O)C1)c1ccc(Br)cc1F. The van der Waals surface area contributed by atoms with E-state index in [2.05, 4.69) is 21.2 Å². The molecule has 7 heteroatoms. The van der Waals surface area contributed by atoms with E-state index in [0.717, 1.165) is 0 Å². The van der Waals surface area contributed by atoms with Gasteiger partial charge in [0, 0.05) is 23.1 Å². The van der Waals surface area contributed by atoms with Crippen molar-refractivity contribution < 1.29 is 19.1 Å². The summed E-state index contributed by atoms with van der Waals surface area (Å²) >= 11 is 3.18. The lowest BCUT2D eigenvalue weighted by Crippen LogP contribution is -2.40. The van der Waals surface area contributed by atoms with Crippen LogP contribution in [0.3, 0.4) is 0 Å². The topological polar surface area (TPSA) is 69.6 Å². The van der Waals surface area contributed by atoms with E-state index in [1.54, 1.807) is 19.1 Å². The van der Waals surface area contributed by atoms with Crippen molar-refractivity contribution in [2.45, 2.75) is 19.4 Å². The van der Waals surface area contributed by atoms with Crippen LogP contribution in [0, 0.1) is 11.7 Å². The first-order chi connectivity index (χ1) is 9.88. The highest BCUT2D eigenvalue weighted by Gasteiger charge is 2.31. The maximum Gasteiger partial charge on any atom is 0.317 e. The van der Waals surface area contributed by atoms with Crippen molar-refractivity contribution in [2.75, 3.05) is 13.1 Å². The van der Waals surface area contributed by atoms with E-state index in [1.165, 1.54) is 11.0 Å².